The topological polar surface area (TPSA) is 29.5 Å². The third-order valence-corrected chi connectivity index (χ3v) is 2.47. The van der Waals surface area contributed by atoms with E-state index in [2.05, 4.69) is 0 Å². The van der Waals surface area contributed by atoms with Gasteiger partial charge in [-0.15, -0.1) is 0 Å². The average Bonchev–Trinajstić information content (AvgIpc) is 2.55. The van der Waals surface area contributed by atoms with E-state index in [1.54, 1.807) is 0 Å². The van der Waals surface area contributed by atoms with Gasteiger partial charge in [-0.3, -0.25) is 4.79 Å². The van der Waals surface area contributed by atoms with Gasteiger partial charge in [0.1, 0.15) is 6.61 Å². The lowest BCUT2D eigenvalue weighted by Gasteiger charge is -2.12. The number of likely N-dealkylation sites (N-methyl/N-ethyl adjacent to an activating group) is 1. The number of hydrogen-bond donors (Lipinski definition) is 0. The number of ether oxygens (including phenoxy) is 1. The number of nitrogens with zero attached hydrogens (tertiary/aromatic N) is 1. The van der Waals surface area contributed by atoms with Crippen molar-refractivity contribution in [2.75, 3.05) is 27.2 Å². The van der Waals surface area contributed by atoms with Crippen LogP contribution >= 0.6 is 0 Å². The molecule has 0 atom stereocenters. The second-order valence-corrected chi connectivity index (χ2v) is 3.95. The molecule has 1 fully saturated rings. The third kappa shape index (κ3) is 3.77. The zero-order valence-electron chi connectivity index (χ0n) is 8.58. The van der Waals surface area contributed by atoms with Crippen LogP contribution in [0.2, 0.25) is 0 Å². The highest BCUT2D eigenvalue weighted by Gasteiger charge is 2.23. The Balaban J connectivity index is 2.10. The summed E-state index contributed by atoms with van der Waals surface area (Å²) in [6.07, 6.45) is 4.43. The maximum absolute atomic E-state index is 11.4. The van der Waals surface area contributed by atoms with E-state index in [4.69, 9.17) is 4.74 Å². The van der Waals surface area contributed by atoms with Crippen LogP contribution in [-0.2, 0) is 9.53 Å². The van der Waals surface area contributed by atoms with Gasteiger partial charge in [-0.1, -0.05) is 12.8 Å². The van der Waals surface area contributed by atoms with Gasteiger partial charge in [0.25, 0.3) is 0 Å². The SMILES string of the molecule is CN(C)CCOC(=O)C1CCCC1. The minimum absolute atomic E-state index is 0.0133. The highest BCUT2D eigenvalue weighted by molar-refractivity contribution is 5.72. The van der Waals surface area contributed by atoms with Crippen molar-refractivity contribution in [2.45, 2.75) is 25.7 Å². The van der Waals surface area contributed by atoms with Crippen LogP contribution in [0.1, 0.15) is 25.7 Å². The molecule has 0 spiro atoms. The van der Waals surface area contributed by atoms with E-state index in [9.17, 15) is 4.79 Å². The Labute approximate surface area is 80.1 Å². The van der Waals surface area contributed by atoms with Crippen LogP contribution in [0.4, 0.5) is 0 Å². The second-order valence-electron chi connectivity index (χ2n) is 3.95. The quantitative estimate of drug-likeness (QED) is 0.618. The smallest absolute Gasteiger partial charge is 0.308 e. The normalized spacial score (nSPS) is 18.1. The molecule has 0 saturated heterocycles. The van der Waals surface area contributed by atoms with Crippen LogP contribution in [0.3, 0.4) is 0 Å². The fourth-order valence-electron chi connectivity index (χ4n) is 1.61. The highest BCUT2D eigenvalue weighted by Crippen LogP contribution is 2.25. The van der Waals surface area contributed by atoms with E-state index >= 15 is 0 Å². The van der Waals surface area contributed by atoms with Crippen LogP contribution in [-0.4, -0.2) is 38.1 Å². The lowest BCUT2D eigenvalue weighted by molar-refractivity contribution is -0.148. The summed E-state index contributed by atoms with van der Waals surface area (Å²) in [7, 11) is 3.95. The zero-order valence-corrected chi connectivity index (χ0v) is 8.58. The molecule has 0 amide bonds. The van der Waals surface area contributed by atoms with Crippen molar-refractivity contribution in [1.29, 1.82) is 0 Å². The standard InChI is InChI=1S/C10H19NO2/c1-11(2)7-8-13-10(12)9-5-3-4-6-9/h9H,3-8H2,1-2H3. The van der Waals surface area contributed by atoms with Gasteiger partial charge < -0.3 is 9.64 Å². The predicted octanol–water partition coefficient (Wildman–Crippen LogP) is 1.28. The van der Waals surface area contributed by atoms with Crippen molar-refractivity contribution >= 4 is 5.97 Å². The monoisotopic (exact) mass is 185 g/mol. The Morgan fingerprint density at radius 2 is 2.00 bits per heavy atom. The molecule has 76 valence electrons. The molecule has 13 heavy (non-hydrogen) atoms. The molecular weight excluding hydrogens is 166 g/mol. The fraction of sp³-hybridized carbons (Fsp3) is 0.900. The van der Waals surface area contributed by atoms with E-state index in [-0.39, 0.29) is 11.9 Å². The van der Waals surface area contributed by atoms with Gasteiger partial charge in [0, 0.05) is 6.54 Å². The molecule has 0 unspecified atom stereocenters. The minimum atomic E-state index is 0.0133. The molecule has 1 rings (SSSR count). The first-order valence-electron chi connectivity index (χ1n) is 5.01. The molecule has 1 aliphatic carbocycles. The molecule has 0 aromatic heterocycles. The molecule has 0 aromatic carbocycles. The van der Waals surface area contributed by atoms with E-state index < -0.39 is 0 Å². The molecule has 0 aromatic rings. The number of rotatable bonds is 4. The van der Waals surface area contributed by atoms with Gasteiger partial charge in [-0.2, -0.15) is 0 Å². The highest BCUT2D eigenvalue weighted by atomic mass is 16.5. The van der Waals surface area contributed by atoms with Gasteiger partial charge in [0.15, 0.2) is 0 Å². The van der Waals surface area contributed by atoms with Crippen molar-refractivity contribution in [3.63, 3.8) is 0 Å². The molecule has 0 aliphatic heterocycles. The fourth-order valence-corrected chi connectivity index (χ4v) is 1.61. The summed E-state index contributed by atoms with van der Waals surface area (Å²) in [5.41, 5.74) is 0. The third-order valence-electron chi connectivity index (χ3n) is 2.47. The van der Waals surface area contributed by atoms with Crippen molar-refractivity contribution in [3.05, 3.63) is 0 Å². The Bertz CT molecular complexity index is 162. The minimum Gasteiger partial charge on any atom is -0.464 e. The summed E-state index contributed by atoms with van der Waals surface area (Å²) in [6.45, 7) is 1.35. The first-order valence-corrected chi connectivity index (χ1v) is 5.01. The number of carbonyl (C=O) groups is 1. The van der Waals surface area contributed by atoms with Crippen LogP contribution in [0.5, 0.6) is 0 Å². The van der Waals surface area contributed by atoms with Crippen LogP contribution < -0.4 is 0 Å². The van der Waals surface area contributed by atoms with E-state index in [1.807, 2.05) is 19.0 Å². The zero-order chi connectivity index (χ0) is 9.68. The second kappa shape index (κ2) is 5.22. The number of hydrogen-bond acceptors (Lipinski definition) is 3. The summed E-state index contributed by atoms with van der Waals surface area (Å²) in [5.74, 6) is 0.210. The van der Waals surface area contributed by atoms with Crippen LogP contribution in [0.15, 0.2) is 0 Å². The largest absolute Gasteiger partial charge is 0.464 e. The molecule has 0 bridgehead atoms. The summed E-state index contributed by atoms with van der Waals surface area (Å²) in [4.78, 5) is 13.4. The Kier molecular flexibility index (Phi) is 4.22. The van der Waals surface area contributed by atoms with Crippen LogP contribution in [0, 0.1) is 5.92 Å². The first kappa shape index (κ1) is 10.5. The maximum atomic E-state index is 11.4. The maximum Gasteiger partial charge on any atom is 0.308 e. The van der Waals surface area contributed by atoms with Crippen molar-refractivity contribution < 1.29 is 9.53 Å². The molecule has 1 aliphatic rings. The summed E-state index contributed by atoms with van der Waals surface area (Å²) in [6, 6.07) is 0. The number of carbonyl (C=O) groups excluding carboxylic acids is 1. The lowest BCUT2D eigenvalue weighted by Crippen LogP contribution is -2.22. The Morgan fingerprint density at radius 1 is 1.38 bits per heavy atom. The van der Waals surface area contributed by atoms with Gasteiger partial charge >= 0.3 is 5.97 Å². The van der Waals surface area contributed by atoms with Crippen molar-refractivity contribution in [2.24, 2.45) is 5.92 Å². The van der Waals surface area contributed by atoms with E-state index in [1.165, 1.54) is 12.8 Å². The molecule has 3 heteroatoms. The van der Waals surface area contributed by atoms with Crippen molar-refractivity contribution in [3.8, 4) is 0 Å². The van der Waals surface area contributed by atoms with Gasteiger partial charge in [0.2, 0.25) is 0 Å². The van der Waals surface area contributed by atoms with Crippen LogP contribution in [0.25, 0.3) is 0 Å². The Hall–Kier alpha value is -0.570. The average molecular weight is 185 g/mol. The predicted molar refractivity (Wildman–Crippen MR) is 51.5 cm³/mol. The molecule has 0 heterocycles. The molecular formula is C10H19NO2. The summed E-state index contributed by atoms with van der Waals surface area (Å²) < 4.78 is 5.16. The molecule has 0 radical (unpaired) electrons. The van der Waals surface area contributed by atoms with E-state index in [0.29, 0.717) is 6.61 Å². The first-order chi connectivity index (χ1) is 6.20. The van der Waals surface area contributed by atoms with Gasteiger partial charge in [-0.25, -0.2) is 0 Å². The molecule has 3 nitrogen and oxygen atoms in total. The molecule has 0 N–H and O–H groups in total. The summed E-state index contributed by atoms with van der Waals surface area (Å²) in [5, 5.41) is 0. The Morgan fingerprint density at radius 3 is 2.54 bits per heavy atom. The van der Waals surface area contributed by atoms with E-state index in [0.717, 1.165) is 19.4 Å². The van der Waals surface area contributed by atoms with Gasteiger partial charge in [-0.05, 0) is 26.9 Å². The van der Waals surface area contributed by atoms with Crippen molar-refractivity contribution in [1.82, 2.24) is 4.90 Å². The van der Waals surface area contributed by atoms with Gasteiger partial charge in [0.05, 0.1) is 5.92 Å². The number of esters is 1. The summed E-state index contributed by atoms with van der Waals surface area (Å²) >= 11 is 0. The lowest BCUT2D eigenvalue weighted by atomic mass is 10.1. The molecule has 1 saturated carbocycles.